The van der Waals surface area contributed by atoms with Gasteiger partial charge in [-0.25, -0.2) is 4.98 Å². The summed E-state index contributed by atoms with van der Waals surface area (Å²) < 4.78 is 43.6. The lowest BCUT2D eigenvalue weighted by Crippen LogP contribution is -2.42. The minimum absolute atomic E-state index is 0.0399. The molecule has 0 unspecified atom stereocenters. The van der Waals surface area contributed by atoms with Crippen LogP contribution in [0.15, 0.2) is 61.1 Å². The Morgan fingerprint density at radius 1 is 1.18 bits per heavy atom. The summed E-state index contributed by atoms with van der Waals surface area (Å²) >= 11 is 0. The molecule has 0 aliphatic carbocycles. The maximum Gasteiger partial charge on any atom is 0.417 e. The van der Waals surface area contributed by atoms with Crippen LogP contribution in [0.2, 0.25) is 0 Å². The van der Waals surface area contributed by atoms with Gasteiger partial charge in [-0.05, 0) is 37.6 Å². The average Bonchev–Trinajstić information content (AvgIpc) is 2.83. The fourth-order valence-electron chi connectivity index (χ4n) is 3.31. The van der Waals surface area contributed by atoms with Gasteiger partial charge in [-0.15, -0.1) is 0 Å². The third-order valence-electron chi connectivity index (χ3n) is 5.01. The number of hydrogen-bond acceptors (Lipinski definition) is 5. The summed E-state index contributed by atoms with van der Waals surface area (Å²) in [5, 5.41) is 9.15. The number of nitriles is 1. The predicted molar refractivity (Wildman–Crippen MR) is 115 cm³/mol. The van der Waals surface area contributed by atoms with E-state index in [1.807, 2.05) is 13.0 Å². The van der Waals surface area contributed by atoms with E-state index >= 15 is 0 Å². The van der Waals surface area contributed by atoms with Crippen molar-refractivity contribution in [2.45, 2.75) is 26.1 Å². The molecule has 6 nitrogen and oxygen atoms in total. The van der Waals surface area contributed by atoms with E-state index in [4.69, 9.17) is 10.00 Å². The predicted octanol–water partition coefficient (Wildman–Crippen LogP) is 4.96. The number of ether oxygens (including phenoxy) is 1. The van der Waals surface area contributed by atoms with Gasteiger partial charge in [-0.1, -0.05) is 18.2 Å². The smallest absolute Gasteiger partial charge is 0.417 e. The third-order valence-corrected chi connectivity index (χ3v) is 5.01. The van der Waals surface area contributed by atoms with Gasteiger partial charge in [0.15, 0.2) is 0 Å². The fraction of sp³-hybridized carbons (Fsp3) is 0.250. The molecule has 33 heavy (non-hydrogen) atoms. The van der Waals surface area contributed by atoms with Crippen molar-refractivity contribution in [3.8, 4) is 23.1 Å². The lowest BCUT2D eigenvalue weighted by atomic mass is 9.99. The number of halogens is 3. The molecular formula is C24H21F3N4O2. The largest absolute Gasteiger partial charge is 0.475 e. The van der Waals surface area contributed by atoms with Gasteiger partial charge >= 0.3 is 6.18 Å². The molecule has 2 heterocycles. The molecule has 0 radical (unpaired) electrons. The molecule has 3 aromatic rings. The van der Waals surface area contributed by atoms with E-state index in [2.05, 4.69) is 9.97 Å². The van der Waals surface area contributed by atoms with E-state index in [1.165, 1.54) is 6.20 Å². The Balaban J connectivity index is 1.77. The first-order chi connectivity index (χ1) is 15.7. The summed E-state index contributed by atoms with van der Waals surface area (Å²) in [6, 6.07) is 12.4. The lowest BCUT2D eigenvalue weighted by Gasteiger charge is -2.28. The van der Waals surface area contributed by atoms with Gasteiger partial charge in [-0.3, -0.25) is 9.78 Å². The maximum absolute atomic E-state index is 13.4. The number of aromatic nitrogens is 2. The number of carbonyl (C=O) groups is 1. The number of nitrogens with zero attached hydrogens (tertiary/aromatic N) is 4. The summed E-state index contributed by atoms with van der Waals surface area (Å²) in [5.41, 5.74) is 1.25. The zero-order valence-electron chi connectivity index (χ0n) is 18.0. The van der Waals surface area contributed by atoms with Crippen LogP contribution in [0.1, 0.15) is 35.3 Å². The van der Waals surface area contributed by atoms with Crippen molar-refractivity contribution in [1.82, 2.24) is 14.9 Å². The van der Waals surface area contributed by atoms with E-state index < -0.39 is 11.7 Å². The highest BCUT2D eigenvalue weighted by Gasteiger charge is 2.31. The Morgan fingerprint density at radius 3 is 2.58 bits per heavy atom. The first-order valence-electron chi connectivity index (χ1n) is 10.2. The molecule has 1 aromatic carbocycles. The maximum atomic E-state index is 13.4. The van der Waals surface area contributed by atoms with Crippen molar-refractivity contribution in [3.05, 3.63) is 77.7 Å². The Kier molecular flexibility index (Phi) is 7.28. The van der Waals surface area contributed by atoms with Crippen LogP contribution in [0.5, 0.6) is 5.88 Å². The van der Waals surface area contributed by atoms with Gasteiger partial charge in [-0.2, -0.15) is 18.4 Å². The zero-order chi connectivity index (χ0) is 24.0. The van der Waals surface area contributed by atoms with Crippen LogP contribution in [0.4, 0.5) is 13.2 Å². The van der Waals surface area contributed by atoms with E-state index in [0.717, 1.165) is 12.1 Å². The minimum atomic E-state index is -4.47. The van der Waals surface area contributed by atoms with Gasteiger partial charge in [0.2, 0.25) is 5.88 Å². The molecule has 3 rings (SSSR count). The van der Waals surface area contributed by atoms with Gasteiger partial charge in [0.05, 0.1) is 17.2 Å². The molecule has 9 heteroatoms. The lowest BCUT2D eigenvalue weighted by molar-refractivity contribution is -0.137. The SMILES string of the molecule is CCN(C(=O)c1ccccc1-c1cncc(C#N)c1)[C@@H](C)COc1ccc(C(F)(F)F)cn1. The van der Waals surface area contributed by atoms with Crippen LogP contribution in [-0.4, -0.2) is 40.0 Å². The minimum Gasteiger partial charge on any atom is -0.475 e. The van der Waals surface area contributed by atoms with Crippen molar-refractivity contribution in [1.29, 1.82) is 5.26 Å². The van der Waals surface area contributed by atoms with Gasteiger partial charge in [0, 0.05) is 42.3 Å². The van der Waals surface area contributed by atoms with Crippen LogP contribution in [0.3, 0.4) is 0 Å². The van der Waals surface area contributed by atoms with Crippen LogP contribution in [0, 0.1) is 11.3 Å². The molecule has 170 valence electrons. The summed E-state index contributed by atoms with van der Waals surface area (Å²) in [7, 11) is 0. The highest BCUT2D eigenvalue weighted by Crippen LogP contribution is 2.29. The number of pyridine rings is 2. The number of hydrogen-bond donors (Lipinski definition) is 0. The fourth-order valence-corrected chi connectivity index (χ4v) is 3.31. The molecule has 0 N–H and O–H groups in total. The Bertz CT molecular complexity index is 1160. The number of rotatable bonds is 7. The van der Waals surface area contributed by atoms with Crippen LogP contribution < -0.4 is 4.74 Å². The molecule has 0 saturated heterocycles. The Labute approximate surface area is 189 Å². The van der Waals surface area contributed by atoms with Crippen molar-refractivity contribution >= 4 is 5.91 Å². The topological polar surface area (TPSA) is 79.1 Å². The molecule has 1 atom stereocenters. The summed E-state index contributed by atoms with van der Waals surface area (Å²) in [4.78, 5) is 22.7. The highest BCUT2D eigenvalue weighted by molar-refractivity contribution is 6.01. The highest BCUT2D eigenvalue weighted by atomic mass is 19.4. The summed E-state index contributed by atoms with van der Waals surface area (Å²) in [6.45, 7) is 4.04. The number of alkyl halides is 3. The van der Waals surface area contributed by atoms with E-state index in [-0.39, 0.29) is 24.4 Å². The number of likely N-dealkylation sites (N-methyl/N-ethyl adjacent to an activating group) is 1. The third kappa shape index (κ3) is 5.66. The van der Waals surface area contributed by atoms with Crippen molar-refractivity contribution in [2.75, 3.05) is 13.2 Å². The van der Waals surface area contributed by atoms with Crippen molar-refractivity contribution < 1.29 is 22.7 Å². The molecule has 2 aromatic heterocycles. The quantitative estimate of drug-likeness (QED) is 0.504. The molecule has 0 fully saturated rings. The van der Waals surface area contributed by atoms with E-state index in [1.54, 1.807) is 48.4 Å². The Hall–Kier alpha value is -3.93. The van der Waals surface area contributed by atoms with Gasteiger partial charge in [0.1, 0.15) is 12.7 Å². The van der Waals surface area contributed by atoms with Crippen LogP contribution in [-0.2, 0) is 6.18 Å². The van der Waals surface area contributed by atoms with Crippen LogP contribution >= 0.6 is 0 Å². The molecule has 0 aliphatic heterocycles. The van der Waals surface area contributed by atoms with Crippen LogP contribution in [0.25, 0.3) is 11.1 Å². The first kappa shape index (κ1) is 23.7. The monoisotopic (exact) mass is 454 g/mol. The molecule has 0 aliphatic rings. The Morgan fingerprint density at radius 2 is 1.94 bits per heavy atom. The van der Waals surface area contributed by atoms with Crippen molar-refractivity contribution in [3.63, 3.8) is 0 Å². The zero-order valence-corrected chi connectivity index (χ0v) is 18.0. The molecule has 0 saturated carbocycles. The van der Waals surface area contributed by atoms with E-state index in [9.17, 15) is 18.0 Å². The molecule has 0 bridgehead atoms. The second-order valence-corrected chi connectivity index (χ2v) is 7.25. The van der Waals surface area contributed by atoms with E-state index in [0.29, 0.717) is 35.0 Å². The number of amides is 1. The van der Waals surface area contributed by atoms with Gasteiger partial charge < -0.3 is 9.64 Å². The summed E-state index contributed by atoms with van der Waals surface area (Å²) in [6.07, 6.45) is -0.727. The average molecular weight is 454 g/mol. The normalized spacial score (nSPS) is 12.0. The molecule has 0 spiro atoms. The second kappa shape index (κ2) is 10.1. The number of benzene rings is 1. The first-order valence-corrected chi connectivity index (χ1v) is 10.2. The van der Waals surface area contributed by atoms with Gasteiger partial charge in [0.25, 0.3) is 5.91 Å². The van der Waals surface area contributed by atoms with Crippen molar-refractivity contribution in [2.24, 2.45) is 0 Å². The molecule has 1 amide bonds. The summed E-state index contributed by atoms with van der Waals surface area (Å²) in [5.74, 6) is -0.204. The second-order valence-electron chi connectivity index (χ2n) is 7.25. The number of carbonyl (C=O) groups excluding carboxylic acids is 1. The standard InChI is InChI=1S/C24H21F3N4O2/c1-3-31(16(2)15-33-22-9-8-19(14-30-22)24(25,26)27)23(32)21-7-5-4-6-20(21)18-10-17(11-28)12-29-13-18/h4-10,12-14,16H,3,15H2,1-2H3/t16-/m0/s1. The molecular weight excluding hydrogens is 433 g/mol.